The molecule has 1 aromatic carbocycles. The van der Waals surface area contributed by atoms with E-state index in [9.17, 15) is 4.79 Å². The number of aldehydes is 1. The SMILES string of the molecule is COc1ccc(OCC(C)CO)c(C=O)c1. The summed E-state index contributed by atoms with van der Waals surface area (Å²) in [5, 5.41) is 8.85. The fraction of sp³-hybridized carbons (Fsp3) is 0.417. The van der Waals surface area contributed by atoms with E-state index >= 15 is 0 Å². The minimum absolute atomic E-state index is 0.0432. The highest BCUT2D eigenvalue weighted by Crippen LogP contribution is 2.23. The minimum atomic E-state index is 0.0432. The maximum Gasteiger partial charge on any atom is 0.153 e. The molecule has 88 valence electrons. The second-order valence-electron chi connectivity index (χ2n) is 3.62. The van der Waals surface area contributed by atoms with Crippen LogP contribution in [-0.2, 0) is 0 Å². The van der Waals surface area contributed by atoms with Gasteiger partial charge in [-0.3, -0.25) is 4.79 Å². The normalized spacial score (nSPS) is 11.9. The number of hydrogen-bond acceptors (Lipinski definition) is 4. The molecular weight excluding hydrogens is 208 g/mol. The molecule has 1 N–H and O–H groups in total. The lowest BCUT2D eigenvalue weighted by Crippen LogP contribution is -2.12. The Morgan fingerprint density at radius 3 is 2.81 bits per heavy atom. The summed E-state index contributed by atoms with van der Waals surface area (Å²) in [5.41, 5.74) is 0.449. The summed E-state index contributed by atoms with van der Waals surface area (Å²) in [4.78, 5) is 10.8. The largest absolute Gasteiger partial charge is 0.497 e. The molecule has 1 rings (SSSR count). The quantitative estimate of drug-likeness (QED) is 0.744. The van der Waals surface area contributed by atoms with Gasteiger partial charge < -0.3 is 14.6 Å². The maximum atomic E-state index is 10.8. The van der Waals surface area contributed by atoms with Crippen molar-refractivity contribution in [1.29, 1.82) is 0 Å². The van der Waals surface area contributed by atoms with Gasteiger partial charge in [-0.05, 0) is 18.2 Å². The third-order valence-corrected chi connectivity index (χ3v) is 2.18. The predicted molar refractivity (Wildman–Crippen MR) is 60.1 cm³/mol. The van der Waals surface area contributed by atoms with Gasteiger partial charge in [0.25, 0.3) is 0 Å². The summed E-state index contributed by atoms with van der Waals surface area (Å²) in [6, 6.07) is 5.03. The Hall–Kier alpha value is -1.55. The van der Waals surface area contributed by atoms with E-state index in [0.29, 0.717) is 23.7 Å². The Labute approximate surface area is 94.8 Å². The second-order valence-corrected chi connectivity index (χ2v) is 3.62. The molecule has 0 bridgehead atoms. The van der Waals surface area contributed by atoms with E-state index in [4.69, 9.17) is 14.6 Å². The second kappa shape index (κ2) is 6.12. The molecule has 0 aliphatic rings. The lowest BCUT2D eigenvalue weighted by molar-refractivity contribution is 0.111. The first-order valence-corrected chi connectivity index (χ1v) is 5.08. The van der Waals surface area contributed by atoms with Gasteiger partial charge in [-0.1, -0.05) is 6.92 Å². The van der Waals surface area contributed by atoms with Crippen LogP contribution in [-0.4, -0.2) is 31.7 Å². The van der Waals surface area contributed by atoms with Crippen molar-refractivity contribution in [2.45, 2.75) is 6.92 Å². The number of aliphatic hydroxyl groups is 1. The zero-order valence-corrected chi connectivity index (χ0v) is 9.47. The van der Waals surface area contributed by atoms with Gasteiger partial charge in [0.05, 0.1) is 19.3 Å². The van der Waals surface area contributed by atoms with Crippen LogP contribution >= 0.6 is 0 Å². The van der Waals surface area contributed by atoms with Crippen molar-refractivity contribution in [2.24, 2.45) is 5.92 Å². The van der Waals surface area contributed by atoms with E-state index in [1.54, 1.807) is 18.2 Å². The number of ether oxygens (including phenoxy) is 2. The van der Waals surface area contributed by atoms with Crippen LogP contribution in [0.2, 0.25) is 0 Å². The van der Waals surface area contributed by atoms with Gasteiger partial charge in [0.1, 0.15) is 11.5 Å². The van der Waals surface area contributed by atoms with Gasteiger partial charge in [-0.15, -0.1) is 0 Å². The van der Waals surface area contributed by atoms with Crippen molar-refractivity contribution in [1.82, 2.24) is 0 Å². The first-order valence-electron chi connectivity index (χ1n) is 5.08. The Bertz CT molecular complexity index is 349. The van der Waals surface area contributed by atoms with Crippen LogP contribution in [0.1, 0.15) is 17.3 Å². The van der Waals surface area contributed by atoms with Gasteiger partial charge in [0.15, 0.2) is 6.29 Å². The fourth-order valence-corrected chi connectivity index (χ4v) is 1.16. The Morgan fingerprint density at radius 1 is 1.50 bits per heavy atom. The van der Waals surface area contributed by atoms with Crippen molar-refractivity contribution in [2.75, 3.05) is 20.3 Å². The van der Waals surface area contributed by atoms with Crippen molar-refractivity contribution in [3.8, 4) is 11.5 Å². The van der Waals surface area contributed by atoms with Crippen molar-refractivity contribution in [3.05, 3.63) is 23.8 Å². The predicted octanol–water partition coefficient (Wildman–Crippen LogP) is 1.51. The maximum absolute atomic E-state index is 10.8. The van der Waals surface area contributed by atoms with Crippen LogP contribution in [0, 0.1) is 5.92 Å². The smallest absolute Gasteiger partial charge is 0.153 e. The number of carbonyl (C=O) groups is 1. The molecule has 0 saturated heterocycles. The molecule has 0 fully saturated rings. The van der Waals surface area contributed by atoms with Crippen LogP contribution in [0.15, 0.2) is 18.2 Å². The van der Waals surface area contributed by atoms with Crippen LogP contribution in [0.3, 0.4) is 0 Å². The Balaban J connectivity index is 2.75. The number of rotatable bonds is 6. The number of hydrogen-bond donors (Lipinski definition) is 1. The lowest BCUT2D eigenvalue weighted by Gasteiger charge is -2.12. The highest BCUT2D eigenvalue weighted by Gasteiger charge is 2.07. The molecule has 0 amide bonds. The third-order valence-electron chi connectivity index (χ3n) is 2.18. The highest BCUT2D eigenvalue weighted by molar-refractivity contribution is 5.80. The van der Waals surface area contributed by atoms with Crippen LogP contribution in [0.5, 0.6) is 11.5 Å². The van der Waals surface area contributed by atoms with E-state index in [-0.39, 0.29) is 12.5 Å². The number of carbonyl (C=O) groups excluding carboxylic acids is 1. The number of aliphatic hydroxyl groups excluding tert-OH is 1. The average molecular weight is 224 g/mol. The standard InChI is InChI=1S/C12H16O4/c1-9(6-13)8-16-12-4-3-11(15-2)5-10(12)7-14/h3-5,7,9,13H,6,8H2,1-2H3. The van der Waals surface area contributed by atoms with Crippen molar-refractivity contribution < 1.29 is 19.4 Å². The van der Waals surface area contributed by atoms with Gasteiger partial charge in [0.2, 0.25) is 0 Å². The Morgan fingerprint density at radius 2 is 2.25 bits per heavy atom. The van der Waals surface area contributed by atoms with Gasteiger partial charge in [0, 0.05) is 12.5 Å². The molecule has 4 nitrogen and oxygen atoms in total. The van der Waals surface area contributed by atoms with Crippen molar-refractivity contribution in [3.63, 3.8) is 0 Å². The molecule has 0 spiro atoms. The van der Waals surface area contributed by atoms with Gasteiger partial charge in [-0.2, -0.15) is 0 Å². The van der Waals surface area contributed by atoms with Crippen molar-refractivity contribution >= 4 is 6.29 Å². The average Bonchev–Trinajstić information content (AvgIpc) is 2.35. The first kappa shape index (κ1) is 12.5. The zero-order chi connectivity index (χ0) is 12.0. The minimum Gasteiger partial charge on any atom is -0.497 e. The molecule has 0 aliphatic carbocycles. The summed E-state index contributed by atoms with van der Waals surface area (Å²) in [7, 11) is 1.54. The van der Waals surface area contributed by atoms with Gasteiger partial charge >= 0.3 is 0 Å². The third kappa shape index (κ3) is 3.24. The molecule has 0 heterocycles. The Kier molecular flexibility index (Phi) is 4.79. The summed E-state index contributed by atoms with van der Waals surface area (Å²) in [5.74, 6) is 1.17. The fourth-order valence-electron chi connectivity index (χ4n) is 1.16. The topological polar surface area (TPSA) is 55.8 Å². The van der Waals surface area contributed by atoms with Gasteiger partial charge in [-0.25, -0.2) is 0 Å². The van der Waals surface area contributed by atoms with E-state index in [2.05, 4.69) is 0 Å². The summed E-state index contributed by atoms with van der Waals surface area (Å²) in [6.45, 7) is 2.31. The molecule has 1 unspecified atom stereocenters. The summed E-state index contributed by atoms with van der Waals surface area (Å²) >= 11 is 0. The summed E-state index contributed by atoms with van der Waals surface area (Å²) < 4.78 is 10.4. The number of benzene rings is 1. The lowest BCUT2D eigenvalue weighted by atomic mass is 10.2. The van der Waals surface area contributed by atoms with E-state index < -0.39 is 0 Å². The molecule has 0 radical (unpaired) electrons. The van der Waals surface area contributed by atoms with E-state index in [1.807, 2.05) is 6.92 Å². The van der Waals surface area contributed by atoms with E-state index in [0.717, 1.165) is 6.29 Å². The number of methoxy groups -OCH3 is 1. The summed E-state index contributed by atoms with van der Waals surface area (Å²) in [6.07, 6.45) is 0.724. The molecule has 0 saturated carbocycles. The molecule has 16 heavy (non-hydrogen) atoms. The first-order chi connectivity index (χ1) is 7.71. The van der Waals surface area contributed by atoms with Crippen LogP contribution in [0.4, 0.5) is 0 Å². The van der Waals surface area contributed by atoms with E-state index in [1.165, 1.54) is 7.11 Å². The van der Waals surface area contributed by atoms with Crippen LogP contribution in [0.25, 0.3) is 0 Å². The molecular formula is C12H16O4. The molecule has 4 heteroatoms. The highest BCUT2D eigenvalue weighted by atomic mass is 16.5. The monoisotopic (exact) mass is 224 g/mol. The molecule has 0 aromatic heterocycles. The zero-order valence-electron chi connectivity index (χ0n) is 9.47. The molecule has 0 aliphatic heterocycles. The molecule has 1 aromatic rings. The van der Waals surface area contributed by atoms with Crippen LogP contribution < -0.4 is 9.47 Å². The molecule has 1 atom stereocenters.